The number of amides is 4. The lowest BCUT2D eigenvalue weighted by atomic mass is 10.0. The summed E-state index contributed by atoms with van der Waals surface area (Å²) in [7, 11) is 0. The summed E-state index contributed by atoms with van der Waals surface area (Å²) in [5, 5.41) is 20.6. The largest absolute Gasteiger partial charge is 0.444 e. The molecule has 0 atom stereocenters. The van der Waals surface area contributed by atoms with Gasteiger partial charge in [0.15, 0.2) is 5.69 Å². The molecule has 17 nitrogen and oxygen atoms in total. The molecular formula is C42H49FN10O7. The number of fused-ring (bicyclic) bond motifs is 1. The van der Waals surface area contributed by atoms with Gasteiger partial charge in [-0.25, -0.2) is 19.3 Å². The van der Waals surface area contributed by atoms with E-state index in [9.17, 15) is 28.4 Å². The molecule has 0 spiro atoms. The average molecular weight is 825 g/mol. The van der Waals surface area contributed by atoms with Gasteiger partial charge in [-0.1, -0.05) is 24.3 Å². The summed E-state index contributed by atoms with van der Waals surface area (Å²) < 4.78 is 27.7. The number of nitrogens with zero attached hydrogens (tertiary/aromatic N) is 6. The van der Waals surface area contributed by atoms with Gasteiger partial charge in [-0.05, 0) is 57.5 Å². The molecule has 4 heterocycles. The zero-order chi connectivity index (χ0) is 42.8. The predicted molar refractivity (Wildman–Crippen MR) is 221 cm³/mol. The molecule has 1 aliphatic heterocycles. The summed E-state index contributed by atoms with van der Waals surface area (Å²) in [6.07, 6.45) is 4.61. The number of nitrogens with one attached hydrogen (secondary N) is 4. The lowest BCUT2D eigenvalue weighted by Gasteiger charge is -2.35. The predicted octanol–water partition coefficient (Wildman–Crippen LogP) is 3.60. The quantitative estimate of drug-likeness (QED) is 0.112. The first-order chi connectivity index (χ1) is 28.8. The summed E-state index contributed by atoms with van der Waals surface area (Å²) in [6, 6.07) is 13.1. The monoisotopic (exact) mass is 824 g/mol. The highest BCUT2D eigenvalue weighted by molar-refractivity contribution is 6.01. The molecule has 60 heavy (non-hydrogen) atoms. The zero-order valence-corrected chi connectivity index (χ0v) is 34.0. The van der Waals surface area contributed by atoms with E-state index in [1.165, 1.54) is 23.2 Å². The fourth-order valence-electron chi connectivity index (χ4n) is 6.55. The van der Waals surface area contributed by atoms with Gasteiger partial charge in [0, 0.05) is 81.1 Å². The second-order valence-corrected chi connectivity index (χ2v) is 15.1. The van der Waals surface area contributed by atoms with Gasteiger partial charge in [-0.2, -0.15) is 10.2 Å². The van der Waals surface area contributed by atoms with Gasteiger partial charge in [0.2, 0.25) is 5.91 Å². The van der Waals surface area contributed by atoms with Crippen LogP contribution in [0.15, 0.2) is 71.9 Å². The fraction of sp³-hybridized carbons (Fsp3) is 0.381. The number of pyridine rings is 1. The number of ether oxygens (including phenoxy) is 2. The highest BCUT2D eigenvalue weighted by Gasteiger charge is 2.27. The van der Waals surface area contributed by atoms with Crippen LogP contribution in [-0.4, -0.2) is 123 Å². The number of carbonyl (C=O) groups excluding carboxylic acids is 4. The molecule has 3 aromatic heterocycles. The summed E-state index contributed by atoms with van der Waals surface area (Å²) in [5.74, 6) is -1.76. The maximum Gasteiger partial charge on any atom is 0.412 e. The van der Waals surface area contributed by atoms with E-state index in [1.54, 1.807) is 66.9 Å². The van der Waals surface area contributed by atoms with Crippen LogP contribution in [-0.2, 0) is 27.2 Å². The molecular weight excluding hydrogens is 776 g/mol. The second-order valence-electron chi connectivity index (χ2n) is 15.1. The first-order valence-electron chi connectivity index (χ1n) is 19.7. The van der Waals surface area contributed by atoms with Gasteiger partial charge in [-0.3, -0.25) is 29.2 Å². The molecule has 1 aliphatic rings. The molecule has 0 radical (unpaired) electrons. The van der Waals surface area contributed by atoms with E-state index < -0.39 is 29.3 Å². The lowest BCUT2D eigenvalue weighted by Crippen LogP contribution is -2.52. The Morgan fingerprint density at radius 3 is 2.38 bits per heavy atom. The van der Waals surface area contributed by atoms with Gasteiger partial charge in [0.25, 0.3) is 17.4 Å². The minimum Gasteiger partial charge on any atom is -0.444 e. The average Bonchev–Trinajstić information content (AvgIpc) is 3.72. The molecule has 2 aromatic carbocycles. The number of hydrogen-bond acceptors (Lipinski definition) is 11. The summed E-state index contributed by atoms with van der Waals surface area (Å²) in [6.45, 7) is 10.0. The number of aromatic nitrogens is 5. The van der Waals surface area contributed by atoms with Crippen molar-refractivity contribution in [1.82, 2.24) is 45.4 Å². The van der Waals surface area contributed by atoms with Gasteiger partial charge < -0.3 is 29.9 Å². The van der Waals surface area contributed by atoms with Gasteiger partial charge in [-0.15, -0.1) is 0 Å². The van der Waals surface area contributed by atoms with Crippen molar-refractivity contribution in [1.29, 1.82) is 0 Å². The molecule has 18 heteroatoms. The Labute approximate surface area is 345 Å². The van der Waals surface area contributed by atoms with Gasteiger partial charge in [0.05, 0.1) is 48.3 Å². The van der Waals surface area contributed by atoms with Gasteiger partial charge >= 0.3 is 6.09 Å². The van der Waals surface area contributed by atoms with Crippen molar-refractivity contribution < 1.29 is 33.0 Å². The summed E-state index contributed by atoms with van der Waals surface area (Å²) >= 11 is 0. The highest BCUT2D eigenvalue weighted by atomic mass is 19.1. The Balaban J connectivity index is 0.907. The van der Waals surface area contributed by atoms with E-state index >= 15 is 0 Å². The minimum atomic E-state index is -0.750. The van der Waals surface area contributed by atoms with Crippen molar-refractivity contribution in [2.45, 2.75) is 46.3 Å². The van der Waals surface area contributed by atoms with Crippen molar-refractivity contribution >= 4 is 40.3 Å². The smallest absolute Gasteiger partial charge is 0.412 e. The van der Waals surface area contributed by atoms with Crippen LogP contribution in [0.2, 0.25) is 0 Å². The van der Waals surface area contributed by atoms with Crippen LogP contribution in [0.4, 0.5) is 14.9 Å². The van der Waals surface area contributed by atoms with Crippen LogP contribution in [0.25, 0.3) is 21.9 Å². The standard InChI is InChI=1S/C42H49FN10O7/c1-5-53-26-29(24-47-53)28-22-35(48-41(58)60-42(2,3)4)37(46-23-28)39(56)45-13-19-59-18-12-44-25-36(54)51-14-16-52(17-15-51)40(57)32-20-27(10-11-33(32)43)21-34-30-8-6-7-9-31(30)38(55)50-49-34/h6-11,20,22-24,26,44H,5,12-19,21,25H2,1-4H3,(H,45,56)(H,48,58)(H,50,55). The molecule has 0 saturated carbocycles. The second kappa shape index (κ2) is 19.5. The van der Waals surface area contributed by atoms with E-state index in [0.717, 1.165) is 5.56 Å². The van der Waals surface area contributed by atoms with Crippen LogP contribution in [0.1, 0.15) is 59.8 Å². The first kappa shape index (κ1) is 43.1. The topological polar surface area (TPSA) is 206 Å². The van der Waals surface area contributed by atoms with Crippen LogP contribution in [0, 0.1) is 5.82 Å². The Bertz CT molecular complexity index is 2400. The molecule has 1 fully saturated rings. The van der Waals surface area contributed by atoms with E-state index in [0.29, 0.717) is 53.8 Å². The third-order valence-electron chi connectivity index (χ3n) is 9.59. The number of aromatic amines is 1. The SMILES string of the molecule is CCn1cc(-c2cnc(C(=O)NCCOCCNCC(=O)N3CCN(C(=O)c4cc(Cc5n[nH]c(=O)c6ccccc56)ccc4F)CC3)c(NC(=O)OC(C)(C)C)c2)cn1. The number of H-pyrrole nitrogens is 1. The molecule has 4 amide bonds. The third kappa shape index (κ3) is 11.1. The maximum absolute atomic E-state index is 14.9. The molecule has 0 unspecified atom stereocenters. The fourth-order valence-corrected chi connectivity index (χ4v) is 6.55. The van der Waals surface area contributed by atoms with Gasteiger partial charge in [0.1, 0.15) is 11.4 Å². The van der Waals surface area contributed by atoms with Crippen molar-refractivity contribution in [3.8, 4) is 11.1 Å². The Hall–Kier alpha value is -6.53. The maximum atomic E-state index is 14.9. The van der Waals surface area contributed by atoms with E-state index in [-0.39, 0.29) is 74.2 Å². The number of piperazine rings is 1. The first-order valence-corrected chi connectivity index (χ1v) is 19.7. The highest BCUT2D eigenvalue weighted by Crippen LogP contribution is 2.25. The van der Waals surface area contributed by atoms with Crippen LogP contribution in [0.5, 0.6) is 0 Å². The van der Waals surface area contributed by atoms with E-state index in [2.05, 4.69) is 36.2 Å². The molecule has 1 saturated heterocycles. The zero-order valence-electron chi connectivity index (χ0n) is 34.0. The van der Waals surface area contributed by atoms with E-state index in [1.807, 2.05) is 19.2 Å². The van der Waals surface area contributed by atoms with Crippen LogP contribution in [0.3, 0.4) is 0 Å². The number of rotatable bonds is 15. The number of benzene rings is 2. The Morgan fingerprint density at radius 1 is 0.917 bits per heavy atom. The number of halogens is 1. The summed E-state index contributed by atoms with van der Waals surface area (Å²) in [4.78, 5) is 71.7. The van der Waals surface area contributed by atoms with Crippen molar-refractivity contribution in [2.24, 2.45) is 0 Å². The normalized spacial score (nSPS) is 13.0. The molecule has 6 rings (SSSR count). The number of anilines is 1. The summed E-state index contributed by atoms with van der Waals surface area (Å²) in [5.41, 5.74) is 1.76. The third-order valence-corrected chi connectivity index (χ3v) is 9.59. The van der Waals surface area contributed by atoms with E-state index in [4.69, 9.17) is 9.47 Å². The molecule has 4 N–H and O–H groups in total. The molecule has 0 aliphatic carbocycles. The molecule has 5 aromatic rings. The van der Waals surface area contributed by atoms with Crippen LogP contribution < -0.4 is 21.5 Å². The number of carbonyl (C=O) groups is 4. The Kier molecular flexibility index (Phi) is 14.0. The van der Waals surface area contributed by atoms with Crippen molar-refractivity contribution in [3.05, 3.63) is 106 Å². The lowest BCUT2D eigenvalue weighted by molar-refractivity contribution is -0.131. The van der Waals surface area contributed by atoms with Crippen molar-refractivity contribution in [2.75, 3.05) is 64.3 Å². The van der Waals surface area contributed by atoms with Crippen LogP contribution >= 0.6 is 0 Å². The number of hydrogen-bond donors (Lipinski definition) is 4. The minimum absolute atomic E-state index is 0.00477. The van der Waals surface area contributed by atoms with Crippen molar-refractivity contribution in [3.63, 3.8) is 0 Å². The molecule has 316 valence electrons. The Morgan fingerprint density at radius 2 is 1.65 bits per heavy atom. The number of aryl methyl sites for hydroxylation is 1. The molecule has 0 bridgehead atoms.